The second-order valence-corrected chi connectivity index (χ2v) is 6.50. The van der Waals surface area contributed by atoms with E-state index >= 15 is 0 Å². The van der Waals surface area contributed by atoms with Gasteiger partial charge in [-0.3, -0.25) is 14.8 Å². The Morgan fingerprint density at radius 1 is 1.20 bits per heavy atom. The van der Waals surface area contributed by atoms with E-state index in [1.807, 2.05) is 24.3 Å². The zero-order chi connectivity index (χ0) is 21.5. The minimum Gasteiger partial charge on any atom is -0.496 e. The summed E-state index contributed by atoms with van der Waals surface area (Å²) in [5, 5.41) is 12.5. The average molecular weight is 404 g/mol. The van der Waals surface area contributed by atoms with Gasteiger partial charge in [-0.1, -0.05) is 12.0 Å². The van der Waals surface area contributed by atoms with Crippen molar-refractivity contribution in [1.29, 1.82) is 0 Å². The van der Waals surface area contributed by atoms with E-state index < -0.39 is 5.91 Å². The van der Waals surface area contributed by atoms with Crippen LogP contribution < -0.4 is 15.5 Å². The fourth-order valence-corrected chi connectivity index (χ4v) is 2.99. The van der Waals surface area contributed by atoms with Crippen LogP contribution in [0.2, 0.25) is 0 Å². The van der Waals surface area contributed by atoms with Crippen LogP contribution in [-0.4, -0.2) is 34.0 Å². The molecule has 3 N–H and O–H groups in total. The quantitative estimate of drug-likeness (QED) is 0.300. The summed E-state index contributed by atoms with van der Waals surface area (Å²) in [6.07, 6.45) is 6.88. The molecule has 1 amide bonds. The fourth-order valence-electron chi connectivity index (χ4n) is 2.99. The second kappa shape index (κ2) is 9.49. The molecule has 0 fully saturated rings. The van der Waals surface area contributed by atoms with Crippen LogP contribution >= 0.6 is 0 Å². The summed E-state index contributed by atoms with van der Waals surface area (Å²) in [6, 6.07) is 10.9. The summed E-state index contributed by atoms with van der Waals surface area (Å²) >= 11 is 0. The second-order valence-electron chi connectivity index (χ2n) is 6.50. The number of hydrogen-bond donors (Lipinski definition) is 3. The van der Waals surface area contributed by atoms with Crippen molar-refractivity contribution in [3.63, 3.8) is 0 Å². The molecule has 0 saturated heterocycles. The van der Waals surface area contributed by atoms with E-state index in [2.05, 4.69) is 21.2 Å². The van der Waals surface area contributed by atoms with E-state index in [0.29, 0.717) is 28.0 Å². The minimum absolute atomic E-state index is 0.00284. The van der Waals surface area contributed by atoms with Crippen molar-refractivity contribution in [2.24, 2.45) is 0 Å². The van der Waals surface area contributed by atoms with Gasteiger partial charge in [-0.2, -0.15) is 0 Å². The highest BCUT2D eigenvalue weighted by molar-refractivity contribution is 5.94. The fraction of sp³-hybridized carbons (Fsp3) is 0.182. The number of ketones is 1. The molecule has 0 aliphatic heterocycles. The van der Waals surface area contributed by atoms with Crippen LogP contribution in [0.3, 0.4) is 0 Å². The van der Waals surface area contributed by atoms with E-state index in [-0.39, 0.29) is 25.0 Å². The van der Waals surface area contributed by atoms with Crippen LogP contribution in [0.4, 0.5) is 11.5 Å². The average Bonchev–Trinajstić information content (AvgIpc) is 2.77. The smallest absolute Gasteiger partial charge is 0.243 e. The number of terminal acetylenes is 1. The molecule has 0 bridgehead atoms. The minimum atomic E-state index is -0.608. The van der Waals surface area contributed by atoms with Crippen LogP contribution in [0.1, 0.15) is 24.0 Å². The van der Waals surface area contributed by atoms with Crippen molar-refractivity contribution in [3.8, 4) is 18.1 Å². The predicted octanol–water partition coefficient (Wildman–Crippen LogP) is 2.76. The number of benzene rings is 2. The number of Topliss-reactive ketones (excluding diaryl/α,β-unsaturated/α-hetero) is 1. The van der Waals surface area contributed by atoms with Gasteiger partial charge in [0.15, 0.2) is 0 Å². The highest BCUT2D eigenvalue weighted by atomic mass is 16.5. The molecular weight excluding hydrogens is 384 g/mol. The molecule has 30 heavy (non-hydrogen) atoms. The third-order valence-electron chi connectivity index (χ3n) is 4.47. The number of amides is 1. The maximum Gasteiger partial charge on any atom is 0.243 e. The van der Waals surface area contributed by atoms with Crippen molar-refractivity contribution in [2.45, 2.75) is 19.3 Å². The van der Waals surface area contributed by atoms with Crippen molar-refractivity contribution in [3.05, 3.63) is 53.9 Å². The van der Waals surface area contributed by atoms with Gasteiger partial charge >= 0.3 is 0 Å². The molecule has 2 aromatic carbocycles. The van der Waals surface area contributed by atoms with Crippen LogP contribution in [0.15, 0.2) is 42.7 Å². The summed E-state index contributed by atoms with van der Waals surface area (Å²) < 4.78 is 5.42. The Kier molecular flexibility index (Phi) is 6.57. The molecule has 3 aromatic rings. The molecule has 8 nitrogen and oxygen atoms in total. The number of ether oxygens (including phenoxy) is 1. The summed E-state index contributed by atoms with van der Waals surface area (Å²) in [5.74, 6) is 2.89. The molecule has 152 valence electrons. The van der Waals surface area contributed by atoms with E-state index in [0.717, 1.165) is 11.3 Å². The Morgan fingerprint density at radius 3 is 2.77 bits per heavy atom. The molecule has 0 saturated carbocycles. The normalized spacial score (nSPS) is 10.3. The molecular formula is C22H20N4O4. The highest BCUT2D eigenvalue weighted by Gasteiger charge is 2.15. The lowest BCUT2D eigenvalue weighted by molar-refractivity contribution is -0.131. The lowest BCUT2D eigenvalue weighted by atomic mass is 10.0. The summed E-state index contributed by atoms with van der Waals surface area (Å²) in [4.78, 5) is 32.1. The molecule has 0 spiro atoms. The zero-order valence-electron chi connectivity index (χ0n) is 16.3. The number of hydrogen-bond acceptors (Lipinski definition) is 7. The van der Waals surface area contributed by atoms with Gasteiger partial charge in [-0.15, -0.1) is 6.42 Å². The molecule has 8 heteroatoms. The molecule has 0 atom stereocenters. The predicted molar refractivity (Wildman–Crippen MR) is 112 cm³/mol. The third kappa shape index (κ3) is 4.90. The molecule has 0 radical (unpaired) electrons. The summed E-state index contributed by atoms with van der Waals surface area (Å²) in [7, 11) is 1.51. The van der Waals surface area contributed by atoms with Crippen molar-refractivity contribution >= 4 is 34.1 Å². The first kappa shape index (κ1) is 20.8. The number of methoxy groups -OCH3 is 1. The van der Waals surface area contributed by atoms with Gasteiger partial charge in [-0.05, 0) is 24.3 Å². The number of nitrogens with zero attached hydrogens (tertiary/aromatic N) is 2. The van der Waals surface area contributed by atoms with Gasteiger partial charge in [0.25, 0.3) is 0 Å². The largest absolute Gasteiger partial charge is 0.496 e. The Hall–Kier alpha value is -3.96. The van der Waals surface area contributed by atoms with E-state index in [1.54, 1.807) is 12.1 Å². The Bertz CT molecular complexity index is 1140. The number of rotatable bonds is 8. The first-order valence-corrected chi connectivity index (χ1v) is 9.14. The summed E-state index contributed by atoms with van der Waals surface area (Å²) in [5.41, 5.74) is 4.32. The number of anilines is 2. The maximum absolute atomic E-state index is 12.3. The van der Waals surface area contributed by atoms with Gasteiger partial charge in [0, 0.05) is 47.5 Å². The molecule has 0 aliphatic rings. The lowest BCUT2D eigenvalue weighted by Gasteiger charge is -2.13. The van der Waals surface area contributed by atoms with Crippen molar-refractivity contribution < 1.29 is 19.5 Å². The third-order valence-corrected chi connectivity index (χ3v) is 4.47. The number of carbonyl (C=O) groups excluding carboxylic acids is 2. The molecule has 0 unspecified atom stereocenters. The first-order valence-electron chi connectivity index (χ1n) is 9.14. The van der Waals surface area contributed by atoms with Crippen LogP contribution in [0.25, 0.3) is 10.9 Å². The van der Waals surface area contributed by atoms with Crippen LogP contribution in [0, 0.1) is 12.3 Å². The Labute approximate surface area is 173 Å². The van der Waals surface area contributed by atoms with E-state index in [1.165, 1.54) is 18.9 Å². The Morgan fingerprint density at radius 2 is 2.03 bits per heavy atom. The van der Waals surface area contributed by atoms with Gasteiger partial charge in [0.05, 0.1) is 12.6 Å². The van der Waals surface area contributed by atoms with Crippen molar-refractivity contribution in [2.75, 3.05) is 12.4 Å². The first-order chi connectivity index (χ1) is 14.5. The number of carbonyl (C=O) groups is 2. The lowest BCUT2D eigenvalue weighted by Crippen LogP contribution is -2.19. The molecule has 0 aliphatic carbocycles. The molecule has 3 rings (SSSR count). The number of fused-ring (bicyclic) bond motifs is 1. The summed E-state index contributed by atoms with van der Waals surface area (Å²) in [6.45, 7) is 0. The van der Waals surface area contributed by atoms with Gasteiger partial charge in [-0.25, -0.2) is 15.4 Å². The van der Waals surface area contributed by atoms with Crippen LogP contribution in [-0.2, 0) is 16.0 Å². The van der Waals surface area contributed by atoms with Gasteiger partial charge in [0.2, 0.25) is 5.91 Å². The highest BCUT2D eigenvalue weighted by Crippen LogP contribution is 2.30. The van der Waals surface area contributed by atoms with Crippen LogP contribution in [0.5, 0.6) is 5.75 Å². The standard InChI is InChI=1S/C22H20N4O4/c1-3-14-5-4-6-16(9-14)25-22-18-11-15(10-17(27)7-8-21(28)26-29)20(30-2)12-19(18)23-13-24-22/h1,4-6,9,11-13,29H,7-8,10H2,2H3,(H,26,28)(H,23,24,25). The van der Waals surface area contributed by atoms with Gasteiger partial charge in [0.1, 0.15) is 23.7 Å². The van der Waals surface area contributed by atoms with Gasteiger partial charge < -0.3 is 10.1 Å². The molecule has 1 heterocycles. The van der Waals surface area contributed by atoms with Crippen molar-refractivity contribution in [1.82, 2.24) is 15.4 Å². The monoisotopic (exact) mass is 404 g/mol. The van der Waals surface area contributed by atoms with E-state index in [9.17, 15) is 9.59 Å². The SMILES string of the molecule is C#Cc1cccc(Nc2ncnc3cc(OC)c(CC(=O)CCC(=O)NO)cc23)c1. The van der Waals surface area contributed by atoms with E-state index in [4.69, 9.17) is 16.4 Å². The zero-order valence-corrected chi connectivity index (χ0v) is 16.3. The number of nitrogens with one attached hydrogen (secondary N) is 2. The maximum atomic E-state index is 12.3. The Balaban J connectivity index is 1.92. The molecule has 1 aromatic heterocycles. The topological polar surface area (TPSA) is 113 Å². The number of hydroxylamine groups is 1. The number of aromatic nitrogens is 2.